The van der Waals surface area contributed by atoms with Gasteiger partial charge in [0, 0.05) is 23.2 Å². The van der Waals surface area contributed by atoms with Crippen LogP contribution in [0, 0.1) is 0 Å². The Bertz CT molecular complexity index is 422. The summed E-state index contributed by atoms with van der Waals surface area (Å²) in [5, 5.41) is 13.6. The van der Waals surface area contributed by atoms with Crippen LogP contribution in [0.15, 0.2) is 29.2 Å². The van der Waals surface area contributed by atoms with Crippen molar-refractivity contribution in [2.75, 3.05) is 18.1 Å². The topological polar surface area (TPSA) is 32.3 Å². The average Bonchev–Trinajstić information content (AvgIpc) is 2.84. The SMILES string of the molecule is C[C@@H](NC[C@@]1(O)CCSC1)c1ccc(SC(F)F)cc1. The summed E-state index contributed by atoms with van der Waals surface area (Å²) in [7, 11) is 0. The van der Waals surface area contributed by atoms with Gasteiger partial charge >= 0.3 is 0 Å². The number of nitrogens with one attached hydrogen (secondary N) is 1. The number of aliphatic hydroxyl groups is 1. The second-order valence-corrected chi connectivity index (χ2v) is 7.25. The number of hydrogen-bond donors (Lipinski definition) is 2. The molecule has 0 spiro atoms. The molecule has 1 aromatic rings. The maximum absolute atomic E-state index is 12.2. The third-order valence-electron chi connectivity index (χ3n) is 3.43. The van der Waals surface area contributed by atoms with Crippen LogP contribution >= 0.6 is 23.5 Å². The lowest BCUT2D eigenvalue weighted by molar-refractivity contribution is 0.0651. The molecule has 1 aliphatic rings. The van der Waals surface area contributed by atoms with Crippen LogP contribution in [0.25, 0.3) is 0 Å². The summed E-state index contributed by atoms with van der Waals surface area (Å²) in [6.45, 7) is 2.58. The van der Waals surface area contributed by atoms with Crippen molar-refractivity contribution in [3.05, 3.63) is 29.8 Å². The molecule has 2 nitrogen and oxygen atoms in total. The first-order valence-electron chi connectivity index (χ1n) is 6.57. The van der Waals surface area contributed by atoms with Crippen molar-refractivity contribution in [1.29, 1.82) is 0 Å². The zero-order valence-corrected chi connectivity index (χ0v) is 12.9. The molecule has 2 atom stereocenters. The maximum Gasteiger partial charge on any atom is 0.288 e. The lowest BCUT2D eigenvalue weighted by Crippen LogP contribution is -2.41. The van der Waals surface area contributed by atoms with Crippen LogP contribution in [-0.2, 0) is 0 Å². The molecule has 6 heteroatoms. The molecular weight excluding hydrogens is 300 g/mol. The van der Waals surface area contributed by atoms with Crippen molar-refractivity contribution < 1.29 is 13.9 Å². The first-order valence-corrected chi connectivity index (χ1v) is 8.60. The van der Waals surface area contributed by atoms with Gasteiger partial charge in [-0.2, -0.15) is 20.5 Å². The molecule has 0 aliphatic carbocycles. The van der Waals surface area contributed by atoms with Gasteiger partial charge in [0.15, 0.2) is 0 Å². The summed E-state index contributed by atoms with van der Waals surface area (Å²) in [6, 6.07) is 7.23. The maximum atomic E-state index is 12.2. The Labute approximate surface area is 126 Å². The zero-order chi connectivity index (χ0) is 14.6. The number of benzene rings is 1. The van der Waals surface area contributed by atoms with Gasteiger partial charge < -0.3 is 10.4 Å². The van der Waals surface area contributed by atoms with Gasteiger partial charge in [-0.15, -0.1) is 0 Å². The third kappa shape index (κ3) is 4.62. The molecule has 0 saturated carbocycles. The lowest BCUT2D eigenvalue weighted by atomic mass is 10.0. The van der Waals surface area contributed by atoms with Crippen molar-refractivity contribution in [2.24, 2.45) is 0 Å². The fourth-order valence-electron chi connectivity index (χ4n) is 2.13. The fraction of sp³-hybridized carbons (Fsp3) is 0.571. The van der Waals surface area contributed by atoms with Gasteiger partial charge in [-0.25, -0.2) is 0 Å². The highest BCUT2D eigenvalue weighted by molar-refractivity contribution is 7.99. The van der Waals surface area contributed by atoms with Gasteiger partial charge in [-0.05, 0) is 36.8 Å². The first-order chi connectivity index (χ1) is 9.48. The van der Waals surface area contributed by atoms with E-state index in [0.717, 1.165) is 23.5 Å². The fourth-order valence-corrected chi connectivity index (χ4v) is 3.93. The third-order valence-corrected chi connectivity index (χ3v) is 5.38. The summed E-state index contributed by atoms with van der Waals surface area (Å²) < 4.78 is 24.5. The van der Waals surface area contributed by atoms with Crippen LogP contribution in [0.3, 0.4) is 0 Å². The van der Waals surface area contributed by atoms with Crippen molar-refractivity contribution in [3.8, 4) is 0 Å². The molecule has 1 heterocycles. The molecular formula is C14H19F2NOS2. The molecule has 20 heavy (non-hydrogen) atoms. The predicted octanol–water partition coefficient (Wildman–Crippen LogP) is 3.52. The monoisotopic (exact) mass is 319 g/mol. The van der Waals surface area contributed by atoms with Crippen molar-refractivity contribution in [3.63, 3.8) is 0 Å². The molecule has 0 aromatic heterocycles. The Morgan fingerprint density at radius 2 is 2.10 bits per heavy atom. The number of thioether (sulfide) groups is 2. The molecule has 2 rings (SSSR count). The number of halogens is 2. The van der Waals surface area contributed by atoms with E-state index in [-0.39, 0.29) is 6.04 Å². The molecule has 112 valence electrons. The highest BCUT2D eigenvalue weighted by atomic mass is 32.2. The molecule has 0 unspecified atom stereocenters. The van der Waals surface area contributed by atoms with E-state index >= 15 is 0 Å². The van der Waals surface area contributed by atoms with E-state index in [9.17, 15) is 13.9 Å². The molecule has 2 N–H and O–H groups in total. The summed E-state index contributed by atoms with van der Waals surface area (Å²) in [4.78, 5) is 0.571. The van der Waals surface area contributed by atoms with Crippen LogP contribution in [-0.4, -0.2) is 34.5 Å². The lowest BCUT2D eigenvalue weighted by Gasteiger charge is -2.24. The van der Waals surface area contributed by atoms with Crippen molar-refractivity contribution >= 4 is 23.5 Å². The summed E-state index contributed by atoms with van der Waals surface area (Å²) in [5.41, 5.74) is 0.433. The second kappa shape index (κ2) is 7.11. The van der Waals surface area contributed by atoms with E-state index in [2.05, 4.69) is 5.32 Å². The quantitative estimate of drug-likeness (QED) is 0.786. The van der Waals surface area contributed by atoms with Gasteiger partial charge in [-0.3, -0.25) is 0 Å². The van der Waals surface area contributed by atoms with E-state index < -0.39 is 11.4 Å². The molecule has 1 aromatic carbocycles. The summed E-state index contributed by atoms with van der Waals surface area (Å²) in [6.07, 6.45) is 0.821. The van der Waals surface area contributed by atoms with Gasteiger partial charge in [-0.1, -0.05) is 23.9 Å². The Kier molecular flexibility index (Phi) is 5.72. The number of rotatable bonds is 6. The van der Waals surface area contributed by atoms with Gasteiger partial charge in [0.1, 0.15) is 0 Å². The molecule has 0 amide bonds. The Morgan fingerprint density at radius 3 is 2.65 bits per heavy atom. The van der Waals surface area contributed by atoms with Gasteiger partial charge in [0.2, 0.25) is 0 Å². The largest absolute Gasteiger partial charge is 0.388 e. The van der Waals surface area contributed by atoms with Crippen LogP contribution in [0.2, 0.25) is 0 Å². The molecule has 0 radical (unpaired) electrons. The predicted molar refractivity (Wildman–Crippen MR) is 81.6 cm³/mol. The van der Waals surface area contributed by atoms with E-state index in [4.69, 9.17) is 0 Å². The van der Waals surface area contributed by atoms with E-state index in [1.807, 2.05) is 19.1 Å². The minimum atomic E-state index is -2.38. The van der Waals surface area contributed by atoms with E-state index in [1.54, 1.807) is 23.9 Å². The van der Waals surface area contributed by atoms with Gasteiger partial charge in [0.25, 0.3) is 5.76 Å². The second-order valence-electron chi connectivity index (χ2n) is 5.08. The highest BCUT2D eigenvalue weighted by Gasteiger charge is 2.31. The van der Waals surface area contributed by atoms with Crippen LogP contribution in [0.5, 0.6) is 0 Å². The molecule has 1 aliphatic heterocycles. The number of hydrogen-bond acceptors (Lipinski definition) is 4. The zero-order valence-electron chi connectivity index (χ0n) is 11.3. The summed E-state index contributed by atoms with van der Waals surface area (Å²) >= 11 is 2.33. The smallest absolute Gasteiger partial charge is 0.288 e. The highest BCUT2D eigenvalue weighted by Crippen LogP contribution is 2.29. The normalized spacial score (nSPS) is 24.2. The first kappa shape index (κ1) is 16.1. The van der Waals surface area contributed by atoms with Gasteiger partial charge in [0.05, 0.1) is 5.60 Å². The van der Waals surface area contributed by atoms with Crippen molar-refractivity contribution in [2.45, 2.75) is 35.6 Å². The average molecular weight is 319 g/mol. The standard InChI is InChI=1S/C14H19F2NOS2/c1-10(17-8-14(18)6-7-19-9-14)11-2-4-12(5-3-11)20-13(15)16/h2-5,10,13,17-18H,6-9H2,1H3/t10-,14+/m1/s1. The van der Waals surface area contributed by atoms with Crippen LogP contribution in [0.1, 0.15) is 24.9 Å². The minimum Gasteiger partial charge on any atom is -0.388 e. The Hall–Kier alpha value is -0.300. The Balaban J connectivity index is 1.87. The van der Waals surface area contributed by atoms with E-state index in [0.29, 0.717) is 23.2 Å². The van der Waals surface area contributed by atoms with Crippen LogP contribution in [0.4, 0.5) is 8.78 Å². The molecule has 1 saturated heterocycles. The van der Waals surface area contributed by atoms with E-state index in [1.165, 1.54) is 0 Å². The van der Waals surface area contributed by atoms with Crippen LogP contribution < -0.4 is 5.32 Å². The Morgan fingerprint density at radius 1 is 1.40 bits per heavy atom. The van der Waals surface area contributed by atoms with Crippen molar-refractivity contribution in [1.82, 2.24) is 5.32 Å². The minimum absolute atomic E-state index is 0.0928. The number of alkyl halides is 2. The molecule has 0 bridgehead atoms. The molecule has 1 fully saturated rings. The summed E-state index contributed by atoms with van der Waals surface area (Å²) in [5.74, 6) is -0.603.